The Morgan fingerprint density at radius 2 is 1.69 bits per heavy atom. The third-order valence-corrected chi connectivity index (χ3v) is 6.64. The fraction of sp³-hybridized carbons (Fsp3) is 0.200. The Balaban J connectivity index is 1.61. The van der Waals surface area contributed by atoms with Gasteiger partial charge in [-0.1, -0.05) is 48.3 Å². The van der Waals surface area contributed by atoms with E-state index in [2.05, 4.69) is 5.32 Å². The number of carboxylic acids is 1. The first-order valence-electron chi connectivity index (χ1n) is 12.7. The Morgan fingerprint density at radius 3 is 2.36 bits per heavy atom. The molecular formula is C30H26Cl2N2O8. The van der Waals surface area contributed by atoms with Gasteiger partial charge in [0.1, 0.15) is 17.9 Å². The quantitative estimate of drug-likeness (QED) is 0.207. The molecule has 12 heteroatoms. The lowest BCUT2D eigenvalue weighted by molar-refractivity contribution is -0.130. The van der Waals surface area contributed by atoms with E-state index in [-0.39, 0.29) is 45.6 Å². The summed E-state index contributed by atoms with van der Waals surface area (Å²) in [6, 6.07) is 13.1. The molecule has 0 bridgehead atoms. The number of hydrogen-bond donors (Lipinski definition) is 2. The highest BCUT2D eigenvalue weighted by atomic mass is 35.5. The summed E-state index contributed by atoms with van der Waals surface area (Å²) in [7, 11) is 1.48. The van der Waals surface area contributed by atoms with Gasteiger partial charge in [-0.15, -0.1) is 0 Å². The first kappa shape index (κ1) is 30.4. The number of amides is 4. The third kappa shape index (κ3) is 7.02. The Morgan fingerprint density at radius 1 is 0.976 bits per heavy atom. The number of halogens is 2. The van der Waals surface area contributed by atoms with Crippen molar-refractivity contribution < 1.29 is 38.5 Å². The molecule has 0 saturated carbocycles. The van der Waals surface area contributed by atoms with Gasteiger partial charge in [-0.2, -0.15) is 0 Å². The van der Waals surface area contributed by atoms with Crippen LogP contribution >= 0.6 is 23.2 Å². The van der Waals surface area contributed by atoms with Gasteiger partial charge in [-0.25, -0.2) is 9.59 Å². The number of aromatic carboxylic acids is 1. The maximum absolute atomic E-state index is 13.4. The molecule has 0 aliphatic carbocycles. The zero-order valence-electron chi connectivity index (χ0n) is 22.6. The summed E-state index contributed by atoms with van der Waals surface area (Å²) in [6.45, 7) is 2.32. The van der Waals surface area contributed by atoms with E-state index < -0.39 is 23.8 Å². The molecule has 0 atom stereocenters. The molecule has 1 aliphatic heterocycles. The van der Waals surface area contributed by atoms with Crippen LogP contribution in [0.15, 0.2) is 60.2 Å². The van der Waals surface area contributed by atoms with Crippen molar-refractivity contribution in [2.75, 3.05) is 13.7 Å². The minimum absolute atomic E-state index is 0.00196. The molecule has 2 N–H and O–H groups in total. The van der Waals surface area contributed by atoms with Crippen LogP contribution in [0.4, 0.5) is 4.79 Å². The smallest absolute Gasteiger partial charge is 0.335 e. The van der Waals surface area contributed by atoms with E-state index in [0.717, 1.165) is 11.3 Å². The van der Waals surface area contributed by atoms with Gasteiger partial charge in [0, 0.05) is 10.6 Å². The first-order valence-corrected chi connectivity index (χ1v) is 13.5. The van der Waals surface area contributed by atoms with E-state index in [9.17, 15) is 19.2 Å². The second-order valence-electron chi connectivity index (χ2n) is 9.14. The number of methoxy groups -OCH3 is 1. The van der Waals surface area contributed by atoms with Crippen molar-refractivity contribution in [3.8, 4) is 17.2 Å². The highest BCUT2D eigenvalue weighted by Gasteiger charge is 2.36. The van der Waals surface area contributed by atoms with E-state index in [0.29, 0.717) is 29.2 Å². The largest absolute Gasteiger partial charge is 0.493 e. The number of hydrogen-bond acceptors (Lipinski definition) is 7. The number of rotatable bonds is 11. The van der Waals surface area contributed by atoms with Gasteiger partial charge in [0.25, 0.3) is 11.8 Å². The van der Waals surface area contributed by atoms with Crippen LogP contribution in [0.2, 0.25) is 10.0 Å². The third-order valence-electron chi connectivity index (χ3n) is 6.14. The van der Waals surface area contributed by atoms with Gasteiger partial charge in [0.15, 0.2) is 11.5 Å². The molecule has 0 radical (unpaired) electrons. The van der Waals surface area contributed by atoms with Gasteiger partial charge in [-0.05, 0) is 60.0 Å². The van der Waals surface area contributed by atoms with E-state index in [4.69, 9.17) is 42.5 Å². The molecule has 1 heterocycles. The second kappa shape index (κ2) is 13.4. The Labute approximate surface area is 251 Å². The average Bonchev–Trinajstić information content (AvgIpc) is 2.96. The molecule has 1 aliphatic rings. The minimum Gasteiger partial charge on any atom is -0.493 e. The topological polar surface area (TPSA) is 131 Å². The molecule has 0 spiro atoms. The molecule has 4 amide bonds. The Hall–Kier alpha value is -4.54. The molecule has 42 heavy (non-hydrogen) atoms. The minimum atomic E-state index is -1.06. The number of imide groups is 2. The average molecular weight is 613 g/mol. The van der Waals surface area contributed by atoms with Crippen LogP contribution in [0.5, 0.6) is 17.2 Å². The summed E-state index contributed by atoms with van der Waals surface area (Å²) in [5.41, 5.74) is 1.22. The number of benzene rings is 3. The lowest BCUT2D eigenvalue weighted by Crippen LogP contribution is -2.53. The molecule has 0 aromatic heterocycles. The Bertz CT molecular complexity index is 1570. The van der Waals surface area contributed by atoms with E-state index in [1.54, 1.807) is 30.3 Å². The van der Waals surface area contributed by atoms with Crippen molar-refractivity contribution >= 4 is 53.1 Å². The summed E-state index contributed by atoms with van der Waals surface area (Å²) in [5, 5.41) is 11.6. The summed E-state index contributed by atoms with van der Waals surface area (Å²) in [5.74, 6) is -1.69. The zero-order chi connectivity index (χ0) is 30.4. The van der Waals surface area contributed by atoms with Crippen LogP contribution < -0.4 is 19.5 Å². The number of ether oxygens (including phenoxy) is 3. The van der Waals surface area contributed by atoms with Crippen molar-refractivity contribution in [3.05, 3.63) is 92.5 Å². The number of nitrogens with one attached hydrogen (secondary N) is 1. The van der Waals surface area contributed by atoms with Crippen LogP contribution in [0.3, 0.4) is 0 Å². The molecule has 10 nitrogen and oxygen atoms in total. The van der Waals surface area contributed by atoms with E-state index >= 15 is 0 Å². The van der Waals surface area contributed by atoms with E-state index in [1.165, 1.54) is 37.5 Å². The van der Waals surface area contributed by atoms with Gasteiger partial charge in [-0.3, -0.25) is 19.8 Å². The number of barbiturate groups is 1. The lowest BCUT2D eigenvalue weighted by Gasteiger charge is -2.27. The van der Waals surface area contributed by atoms with Crippen molar-refractivity contribution in [2.45, 2.75) is 26.5 Å². The maximum Gasteiger partial charge on any atom is 0.335 e. The number of carbonyl (C=O) groups excluding carboxylic acids is 3. The standard InChI is InChI=1S/C30H26Cl2N2O8/c1-3-10-41-24-9-6-18(11-25(24)40-2)15-34-28(36)22(27(35)33-30(34)39)13-20-12-21(31)14-23(32)26(20)42-16-17-4-7-19(8-5-17)29(37)38/h4-9,11-14H,3,10,15-16H2,1-2H3,(H,37,38)(H,33,35,39)/b22-13+. The summed E-state index contributed by atoms with van der Waals surface area (Å²) in [6.07, 6.45) is 2.06. The molecule has 1 saturated heterocycles. The molecular weight excluding hydrogens is 587 g/mol. The highest BCUT2D eigenvalue weighted by Crippen LogP contribution is 2.35. The fourth-order valence-corrected chi connectivity index (χ4v) is 4.62. The van der Waals surface area contributed by atoms with Crippen molar-refractivity contribution in [1.29, 1.82) is 0 Å². The predicted molar refractivity (Wildman–Crippen MR) is 155 cm³/mol. The van der Waals surface area contributed by atoms with Gasteiger partial charge in [0.2, 0.25) is 0 Å². The molecule has 1 fully saturated rings. The molecule has 4 rings (SSSR count). The predicted octanol–water partition coefficient (Wildman–Crippen LogP) is 5.73. The highest BCUT2D eigenvalue weighted by molar-refractivity contribution is 6.36. The van der Waals surface area contributed by atoms with Crippen LogP contribution in [0.25, 0.3) is 6.08 Å². The fourth-order valence-electron chi connectivity index (χ4n) is 4.06. The first-order chi connectivity index (χ1) is 20.1. The molecule has 218 valence electrons. The van der Waals surface area contributed by atoms with Gasteiger partial charge >= 0.3 is 12.0 Å². The monoisotopic (exact) mass is 612 g/mol. The molecule has 3 aromatic carbocycles. The zero-order valence-corrected chi connectivity index (χ0v) is 24.1. The number of nitrogens with zero attached hydrogens (tertiary/aromatic N) is 1. The number of carbonyl (C=O) groups is 4. The normalized spacial score (nSPS) is 14.1. The summed E-state index contributed by atoms with van der Waals surface area (Å²) in [4.78, 5) is 50.9. The Kier molecular flexibility index (Phi) is 9.72. The summed E-state index contributed by atoms with van der Waals surface area (Å²) >= 11 is 12.6. The van der Waals surface area contributed by atoms with E-state index in [1.807, 2.05) is 6.92 Å². The molecule has 3 aromatic rings. The summed E-state index contributed by atoms with van der Waals surface area (Å²) < 4.78 is 16.9. The van der Waals surface area contributed by atoms with Crippen LogP contribution in [0.1, 0.15) is 40.4 Å². The van der Waals surface area contributed by atoms with Crippen LogP contribution in [0, 0.1) is 0 Å². The van der Waals surface area contributed by atoms with Crippen molar-refractivity contribution in [3.63, 3.8) is 0 Å². The van der Waals surface area contributed by atoms with Crippen molar-refractivity contribution in [1.82, 2.24) is 10.2 Å². The van der Waals surface area contributed by atoms with Crippen molar-refractivity contribution in [2.24, 2.45) is 0 Å². The van der Waals surface area contributed by atoms with Gasteiger partial charge < -0.3 is 19.3 Å². The van der Waals surface area contributed by atoms with Crippen LogP contribution in [-0.4, -0.2) is 47.5 Å². The molecule has 0 unspecified atom stereocenters. The second-order valence-corrected chi connectivity index (χ2v) is 9.98. The van der Waals surface area contributed by atoms with Crippen LogP contribution in [-0.2, 0) is 22.7 Å². The maximum atomic E-state index is 13.4. The van der Waals surface area contributed by atoms with Gasteiger partial charge in [0.05, 0.1) is 30.8 Å². The lowest BCUT2D eigenvalue weighted by atomic mass is 10.1. The number of carboxylic acid groups (broad SMARTS) is 1. The number of urea groups is 1. The SMILES string of the molecule is CCCOc1ccc(CN2C(=O)NC(=O)/C(=C\c3cc(Cl)cc(Cl)c3OCc3ccc(C(=O)O)cc3)C2=O)cc1OC.